The smallest absolute Gasteiger partial charge is 0.128 e. The second kappa shape index (κ2) is 5.16. The van der Waals surface area contributed by atoms with E-state index in [-0.39, 0.29) is 0 Å². The second-order valence-corrected chi connectivity index (χ2v) is 4.30. The van der Waals surface area contributed by atoms with Crippen LogP contribution in [0.1, 0.15) is 32.6 Å². The molecule has 4 heteroatoms. The number of anilines is 2. The molecule has 1 fully saturated rings. The van der Waals surface area contributed by atoms with Gasteiger partial charge >= 0.3 is 0 Å². The van der Waals surface area contributed by atoms with E-state index in [0.717, 1.165) is 18.1 Å². The Bertz CT molecular complexity index is 322. The van der Waals surface area contributed by atoms with Gasteiger partial charge in [-0.3, -0.25) is 5.84 Å². The van der Waals surface area contributed by atoms with Crippen LogP contribution in [-0.2, 0) is 0 Å². The molecule has 0 bridgehead atoms. The van der Waals surface area contributed by atoms with Crippen LogP contribution in [0.5, 0.6) is 0 Å². The molecule has 0 spiro atoms. The van der Waals surface area contributed by atoms with E-state index < -0.39 is 0 Å². The average molecular weight is 220 g/mol. The van der Waals surface area contributed by atoms with Gasteiger partial charge < -0.3 is 10.3 Å². The highest BCUT2D eigenvalue weighted by atomic mass is 15.2. The van der Waals surface area contributed by atoms with Crippen molar-refractivity contribution in [1.29, 1.82) is 0 Å². The predicted molar refractivity (Wildman–Crippen MR) is 67.3 cm³/mol. The zero-order chi connectivity index (χ0) is 11.4. The minimum atomic E-state index is 0.651. The Balaban J connectivity index is 2.14. The normalized spacial score (nSPS) is 20.9. The van der Waals surface area contributed by atoms with Crippen molar-refractivity contribution in [2.24, 2.45) is 5.84 Å². The molecule has 1 aliphatic heterocycles. The number of piperidine rings is 1. The lowest BCUT2D eigenvalue weighted by molar-refractivity contribution is 0.447. The molecule has 2 rings (SSSR count). The molecule has 0 radical (unpaired) electrons. The summed E-state index contributed by atoms with van der Waals surface area (Å²) in [5.74, 6) is 6.40. The number of rotatable bonds is 3. The zero-order valence-electron chi connectivity index (χ0n) is 9.82. The number of nitrogens with zero attached hydrogens (tertiary/aromatic N) is 2. The van der Waals surface area contributed by atoms with Crippen LogP contribution in [0.2, 0.25) is 0 Å². The Kier molecular flexibility index (Phi) is 3.62. The summed E-state index contributed by atoms with van der Waals surface area (Å²) < 4.78 is 0. The molecule has 1 aliphatic rings. The van der Waals surface area contributed by atoms with E-state index in [1.807, 2.05) is 12.1 Å². The number of hydrazine groups is 1. The van der Waals surface area contributed by atoms with Crippen molar-refractivity contribution >= 4 is 11.5 Å². The molecule has 1 aromatic rings. The molecule has 0 aliphatic carbocycles. The molecule has 88 valence electrons. The standard InChI is InChI=1S/C12H20N4/c1-2-11-5-3-4-8-16(11)12-7-6-10(15-13)9-14-12/h6-7,9,11,15H,2-5,8,13H2,1H3. The summed E-state index contributed by atoms with van der Waals surface area (Å²) in [6.45, 7) is 3.37. The van der Waals surface area contributed by atoms with Crippen LogP contribution in [0.4, 0.5) is 11.5 Å². The molecule has 0 saturated carbocycles. The second-order valence-electron chi connectivity index (χ2n) is 4.30. The van der Waals surface area contributed by atoms with Gasteiger partial charge in [-0.15, -0.1) is 0 Å². The molecule has 2 heterocycles. The third-order valence-electron chi connectivity index (χ3n) is 3.31. The zero-order valence-corrected chi connectivity index (χ0v) is 9.82. The maximum absolute atomic E-state index is 5.33. The number of nitrogen functional groups attached to an aromatic ring is 1. The first-order chi connectivity index (χ1) is 7.85. The number of hydrogen-bond donors (Lipinski definition) is 2. The predicted octanol–water partition coefficient (Wildman–Crippen LogP) is 2.14. The maximum Gasteiger partial charge on any atom is 0.128 e. The van der Waals surface area contributed by atoms with E-state index in [1.165, 1.54) is 25.7 Å². The van der Waals surface area contributed by atoms with Gasteiger partial charge in [0.05, 0.1) is 11.9 Å². The quantitative estimate of drug-likeness (QED) is 0.605. The molecule has 0 amide bonds. The van der Waals surface area contributed by atoms with Crippen LogP contribution in [0.3, 0.4) is 0 Å². The van der Waals surface area contributed by atoms with Crippen LogP contribution in [0.25, 0.3) is 0 Å². The fourth-order valence-corrected chi connectivity index (χ4v) is 2.37. The van der Waals surface area contributed by atoms with Gasteiger partial charge in [0.2, 0.25) is 0 Å². The van der Waals surface area contributed by atoms with Crippen LogP contribution in [0, 0.1) is 0 Å². The van der Waals surface area contributed by atoms with E-state index in [4.69, 9.17) is 5.84 Å². The van der Waals surface area contributed by atoms with Gasteiger partial charge in [0.1, 0.15) is 5.82 Å². The summed E-state index contributed by atoms with van der Waals surface area (Å²) in [5.41, 5.74) is 3.46. The molecule has 16 heavy (non-hydrogen) atoms. The van der Waals surface area contributed by atoms with Crippen molar-refractivity contribution in [3.63, 3.8) is 0 Å². The minimum absolute atomic E-state index is 0.651. The van der Waals surface area contributed by atoms with Crippen LogP contribution in [-0.4, -0.2) is 17.6 Å². The number of aromatic nitrogens is 1. The van der Waals surface area contributed by atoms with Gasteiger partial charge in [0, 0.05) is 12.6 Å². The van der Waals surface area contributed by atoms with Crippen molar-refractivity contribution in [3.8, 4) is 0 Å². The van der Waals surface area contributed by atoms with E-state index in [0.29, 0.717) is 6.04 Å². The molecule has 4 nitrogen and oxygen atoms in total. The molecule has 1 atom stereocenters. The largest absolute Gasteiger partial charge is 0.354 e. The Hall–Kier alpha value is -1.29. The molecular formula is C12H20N4. The third-order valence-corrected chi connectivity index (χ3v) is 3.31. The van der Waals surface area contributed by atoms with Gasteiger partial charge in [-0.05, 0) is 37.8 Å². The van der Waals surface area contributed by atoms with Gasteiger partial charge in [-0.2, -0.15) is 0 Å². The molecular weight excluding hydrogens is 200 g/mol. The minimum Gasteiger partial charge on any atom is -0.354 e. The highest BCUT2D eigenvalue weighted by Crippen LogP contribution is 2.25. The summed E-state index contributed by atoms with van der Waals surface area (Å²) in [6.07, 6.45) is 6.89. The number of hydrogen-bond acceptors (Lipinski definition) is 4. The van der Waals surface area contributed by atoms with E-state index in [1.54, 1.807) is 6.20 Å². The van der Waals surface area contributed by atoms with E-state index >= 15 is 0 Å². The lowest BCUT2D eigenvalue weighted by Crippen LogP contribution is -2.39. The van der Waals surface area contributed by atoms with Gasteiger partial charge in [-0.25, -0.2) is 4.98 Å². The number of pyridine rings is 1. The first-order valence-electron chi connectivity index (χ1n) is 6.04. The topological polar surface area (TPSA) is 54.2 Å². The van der Waals surface area contributed by atoms with Crippen molar-refractivity contribution in [2.75, 3.05) is 16.9 Å². The Morgan fingerprint density at radius 1 is 1.50 bits per heavy atom. The number of nitrogens with two attached hydrogens (primary N) is 1. The summed E-state index contributed by atoms with van der Waals surface area (Å²) in [4.78, 5) is 6.88. The van der Waals surface area contributed by atoms with Crippen molar-refractivity contribution in [1.82, 2.24) is 4.98 Å². The number of nitrogens with one attached hydrogen (secondary N) is 1. The summed E-state index contributed by atoms with van der Waals surface area (Å²) in [5, 5.41) is 0. The van der Waals surface area contributed by atoms with Crippen molar-refractivity contribution in [2.45, 2.75) is 38.6 Å². The third kappa shape index (κ3) is 2.27. The maximum atomic E-state index is 5.33. The molecule has 1 unspecified atom stereocenters. The molecule has 1 saturated heterocycles. The molecule has 0 aromatic carbocycles. The highest BCUT2D eigenvalue weighted by molar-refractivity contribution is 5.48. The van der Waals surface area contributed by atoms with Crippen molar-refractivity contribution < 1.29 is 0 Å². The monoisotopic (exact) mass is 220 g/mol. The fraction of sp³-hybridized carbons (Fsp3) is 0.583. The molecule has 1 aromatic heterocycles. The van der Waals surface area contributed by atoms with E-state index in [9.17, 15) is 0 Å². The average Bonchev–Trinajstić information content (AvgIpc) is 2.39. The van der Waals surface area contributed by atoms with Crippen LogP contribution in [0.15, 0.2) is 18.3 Å². The highest BCUT2D eigenvalue weighted by Gasteiger charge is 2.21. The van der Waals surface area contributed by atoms with Crippen LogP contribution >= 0.6 is 0 Å². The summed E-state index contributed by atoms with van der Waals surface area (Å²) in [6, 6.07) is 4.67. The summed E-state index contributed by atoms with van der Waals surface area (Å²) >= 11 is 0. The Morgan fingerprint density at radius 2 is 2.38 bits per heavy atom. The molecule has 3 N–H and O–H groups in total. The first-order valence-corrected chi connectivity index (χ1v) is 6.04. The first kappa shape index (κ1) is 11.2. The Labute approximate surface area is 96.8 Å². The van der Waals surface area contributed by atoms with Gasteiger partial charge in [0.25, 0.3) is 0 Å². The Morgan fingerprint density at radius 3 is 3.00 bits per heavy atom. The van der Waals surface area contributed by atoms with Gasteiger partial charge in [0.15, 0.2) is 0 Å². The van der Waals surface area contributed by atoms with Crippen LogP contribution < -0.4 is 16.2 Å². The fourth-order valence-electron chi connectivity index (χ4n) is 2.37. The van der Waals surface area contributed by atoms with Crippen molar-refractivity contribution in [3.05, 3.63) is 18.3 Å². The van der Waals surface area contributed by atoms with Gasteiger partial charge in [-0.1, -0.05) is 6.92 Å². The SMILES string of the molecule is CCC1CCCCN1c1ccc(NN)cn1. The van der Waals surface area contributed by atoms with E-state index in [2.05, 4.69) is 22.2 Å². The lowest BCUT2D eigenvalue weighted by Gasteiger charge is -2.36. The lowest BCUT2D eigenvalue weighted by atomic mass is 10.00. The summed E-state index contributed by atoms with van der Waals surface area (Å²) in [7, 11) is 0.